The summed E-state index contributed by atoms with van der Waals surface area (Å²) in [5.41, 5.74) is 0. The van der Waals surface area contributed by atoms with Gasteiger partial charge in [-0.2, -0.15) is 4.31 Å². The molecule has 2 aliphatic rings. The van der Waals surface area contributed by atoms with Crippen LogP contribution < -0.4 is 0 Å². The molecule has 24 heavy (non-hydrogen) atoms. The zero-order chi connectivity index (χ0) is 17.2. The fraction of sp³-hybridized carbons (Fsp3) is 0.588. The molecule has 2 aliphatic heterocycles. The highest BCUT2D eigenvalue weighted by Crippen LogP contribution is 2.26. The van der Waals surface area contributed by atoms with E-state index in [1.54, 1.807) is 12.1 Å². The summed E-state index contributed by atoms with van der Waals surface area (Å²) in [6.07, 6.45) is 4.75. The number of hydrogen-bond acceptors (Lipinski definition) is 3. The Kier molecular flexibility index (Phi) is 5.47. The van der Waals surface area contributed by atoms with E-state index < -0.39 is 10.0 Å². The Morgan fingerprint density at radius 3 is 2.33 bits per heavy atom. The number of nitrogens with zero attached hydrogens (tertiary/aromatic N) is 2. The number of carbonyl (C=O) groups is 1. The quantitative estimate of drug-likeness (QED) is 0.822. The van der Waals surface area contributed by atoms with Crippen LogP contribution >= 0.6 is 11.6 Å². The van der Waals surface area contributed by atoms with E-state index in [1.165, 1.54) is 22.9 Å². The molecule has 1 atom stereocenters. The molecule has 0 radical (unpaired) electrons. The number of sulfonamides is 1. The lowest BCUT2D eigenvalue weighted by Gasteiger charge is -2.35. The average Bonchev–Trinajstić information content (AvgIpc) is 2.62. The van der Waals surface area contributed by atoms with Crippen LogP contribution in [-0.2, 0) is 14.8 Å². The molecule has 1 unspecified atom stereocenters. The van der Waals surface area contributed by atoms with Crippen molar-refractivity contribution in [2.45, 2.75) is 37.0 Å². The fourth-order valence-corrected chi connectivity index (χ4v) is 5.14. The van der Waals surface area contributed by atoms with Crippen molar-refractivity contribution < 1.29 is 13.2 Å². The third-order valence-corrected chi connectivity index (χ3v) is 6.98. The third-order valence-electron chi connectivity index (χ3n) is 4.85. The molecule has 5 nitrogen and oxygen atoms in total. The minimum absolute atomic E-state index is 0.116. The summed E-state index contributed by atoms with van der Waals surface area (Å²) < 4.78 is 27.1. The van der Waals surface area contributed by atoms with Gasteiger partial charge in [0.15, 0.2) is 0 Å². The Morgan fingerprint density at radius 1 is 1.00 bits per heavy atom. The number of hydrogen-bond donors (Lipinski definition) is 0. The number of likely N-dealkylation sites (tertiary alicyclic amines) is 1. The van der Waals surface area contributed by atoms with E-state index in [1.807, 2.05) is 4.90 Å². The zero-order valence-corrected chi connectivity index (χ0v) is 15.2. The van der Waals surface area contributed by atoms with E-state index in [0.717, 1.165) is 38.8 Å². The largest absolute Gasteiger partial charge is 0.342 e. The number of benzene rings is 1. The standard InChI is InChI=1S/C17H23ClN2O3S/c18-15-6-8-16(9-7-15)24(22,23)20-12-4-5-14(13-20)17(21)19-10-2-1-3-11-19/h6-9,14H,1-5,10-13H2. The van der Waals surface area contributed by atoms with Gasteiger partial charge in [0.2, 0.25) is 15.9 Å². The number of piperidine rings is 2. The molecule has 2 heterocycles. The fourth-order valence-electron chi connectivity index (χ4n) is 3.49. The summed E-state index contributed by atoms with van der Waals surface area (Å²) in [6, 6.07) is 6.20. The summed E-state index contributed by atoms with van der Waals surface area (Å²) in [5, 5.41) is 0.505. The minimum Gasteiger partial charge on any atom is -0.342 e. The van der Waals surface area contributed by atoms with Crippen molar-refractivity contribution in [3.8, 4) is 0 Å². The minimum atomic E-state index is -3.57. The molecule has 0 bridgehead atoms. The van der Waals surface area contributed by atoms with Gasteiger partial charge in [-0.25, -0.2) is 8.42 Å². The molecule has 0 aliphatic carbocycles. The molecule has 0 spiro atoms. The van der Waals surface area contributed by atoms with E-state index in [0.29, 0.717) is 11.6 Å². The van der Waals surface area contributed by atoms with E-state index in [2.05, 4.69) is 0 Å². The van der Waals surface area contributed by atoms with Crippen LogP contribution in [0, 0.1) is 5.92 Å². The van der Waals surface area contributed by atoms with Crippen LogP contribution in [0.5, 0.6) is 0 Å². The molecular weight excluding hydrogens is 348 g/mol. The zero-order valence-electron chi connectivity index (χ0n) is 13.7. The van der Waals surface area contributed by atoms with Gasteiger partial charge in [-0.3, -0.25) is 4.79 Å². The predicted octanol–water partition coefficient (Wildman–Crippen LogP) is 2.75. The highest BCUT2D eigenvalue weighted by Gasteiger charge is 2.35. The van der Waals surface area contributed by atoms with Crippen LogP contribution in [0.1, 0.15) is 32.1 Å². The van der Waals surface area contributed by atoms with Crippen LogP contribution in [0.2, 0.25) is 5.02 Å². The van der Waals surface area contributed by atoms with Crippen molar-refractivity contribution in [3.63, 3.8) is 0 Å². The van der Waals surface area contributed by atoms with Crippen LogP contribution in [0.3, 0.4) is 0 Å². The van der Waals surface area contributed by atoms with E-state index in [9.17, 15) is 13.2 Å². The van der Waals surface area contributed by atoms with Crippen molar-refractivity contribution in [2.24, 2.45) is 5.92 Å². The van der Waals surface area contributed by atoms with Crippen LogP contribution in [0.15, 0.2) is 29.2 Å². The molecule has 2 saturated heterocycles. The van der Waals surface area contributed by atoms with Crippen molar-refractivity contribution in [3.05, 3.63) is 29.3 Å². The number of halogens is 1. The normalized spacial score (nSPS) is 23.2. The molecule has 1 aromatic carbocycles. The first-order valence-electron chi connectivity index (χ1n) is 8.53. The first kappa shape index (κ1) is 17.7. The van der Waals surface area contributed by atoms with Gasteiger partial charge >= 0.3 is 0 Å². The number of rotatable bonds is 3. The Morgan fingerprint density at radius 2 is 1.67 bits per heavy atom. The van der Waals surface area contributed by atoms with Crippen molar-refractivity contribution in [2.75, 3.05) is 26.2 Å². The maximum atomic E-state index is 12.8. The second-order valence-corrected chi connectivity index (χ2v) is 8.92. The molecule has 1 amide bonds. The summed E-state index contributed by atoms with van der Waals surface area (Å²) in [7, 11) is -3.57. The van der Waals surface area contributed by atoms with Gasteiger partial charge in [-0.15, -0.1) is 0 Å². The lowest BCUT2D eigenvalue weighted by atomic mass is 9.97. The van der Waals surface area contributed by atoms with E-state index in [-0.39, 0.29) is 23.3 Å². The monoisotopic (exact) mass is 370 g/mol. The van der Waals surface area contributed by atoms with Gasteiger partial charge in [0, 0.05) is 31.2 Å². The van der Waals surface area contributed by atoms with E-state index >= 15 is 0 Å². The number of amides is 1. The Balaban J connectivity index is 1.72. The highest BCUT2D eigenvalue weighted by atomic mass is 35.5. The molecule has 0 aromatic heterocycles. The van der Waals surface area contributed by atoms with Crippen molar-refractivity contribution in [1.82, 2.24) is 9.21 Å². The van der Waals surface area contributed by atoms with Gasteiger partial charge in [-0.1, -0.05) is 11.6 Å². The molecule has 3 rings (SSSR count). The SMILES string of the molecule is O=C(C1CCCN(S(=O)(=O)c2ccc(Cl)cc2)C1)N1CCCCC1. The van der Waals surface area contributed by atoms with Crippen LogP contribution in [0.4, 0.5) is 0 Å². The molecule has 0 N–H and O–H groups in total. The lowest BCUT2D eigenvalue weighted by Crippen LogP contribution is -2.47. The Labute approximate surface area is 148 Å². The Hall–Kier alpha value is -1.11. The predicted molar refractivity (Wildman–Crippen MR) is 93.4 cm³/mol. The van der Waals surface area contributed by atoms with Gasteiger partial charge in [0.25, 0.3) is 0 Å². The van der Waals surface area contributed by atoms with Crippen molar-refractivity contribution >= 4 is 27.5 Å². The topological polar surface area (TPSA) is 57.7 Å². The second-order valence-electron chi connectivity index (χ2n) is 6.54. The molecule has 0 saturated carbocycles. The third kappa shape index (κ3) is 3.76. The van der Waals surface area contributed by atoms with Crippen LogP contribution in [0.25, 0.3) is 0 Å². The summed E-state index contributed by atoms with van der Waals surface area (Å²) >= 11 is 5.84. The maximum Gasteiger partial charge on any atom is 0.243 e. The maximum absolute atomic E-state index is 12.8. The second kappa shape index (κ2) is 7.42. The van der Waals surface area contributed by atoms with Crippen LogP contribution in [-0.4, -0.2) is 49.7 Å². The number of carbonyl (C=O) groups excluding carboxylic acids is 1. The Bertz CT molecular complexity index is 684. The first-order chi connectivity index (χ1) is 11.5. The molecular formula is C17H23ClN2O3S. The van der Waals surface area contributed by atoms with Gasteiger partial charge in [0.05, 0.1) is 10.8 Å². The molecule has 132 valence electrons. The molecule has 7 heteroatoms. The summed E-state index contributed by atoms with van der Waals surface area (Å²) in [6.45, 7) is 2.35. The van der Waals surface area contributed by atoms with Gasteiger partial charge < -0.3 is 4.90 Å². The van der Waals surface area contributed by atoms with Crippen molar-refractivity contribution in [1.29, 1.82) is 0 Å². The summed E-state index contributed by atoms with van der Waals surface area (Å²) in [5.74, 6) is -0.107. The molecule has 2 fully saturated rings. The van der Waals surface area contributed by atoms with Gasteiger partial charge in [-0.05, 0) is 56.4 Å². The highest BCUT2D eigenvalue weighted by molar-refractivity contribution is 7.89. The average molecular weight is 371 g/mol. The first-order valence-corrected chi connectivity index (χ1v) is 10.3. The van der Waals surface area contributed by atoms with Gasteiger partial charge in [0.1, 0.15) is 0 Å². The molecule has 1 aromatic rings. The smallest absolute Gasteiger partial charge is 0.243 e. The summed E-state index contributed by atoms with van der Waals surface area (Å²) in [4.78, 5) is 14.8. The lowest BCUT2D eigenvalue weighted by molar-refractivity contribution is -0.137. The van der Waals surface area contributed by atoms with E-state index in [4.69, 9.17) is 11.6 Å².